The van der Waals surface area contributed by atoms with E-state index in [1.54, 1.807) is 27.7 Å². The Morgan fingerprint density at radius 2 is 0.682 bits per heavy atom. The largest absolute Gasteiger partial charge is 0.392 e. The predicted octanol–water partition coefficient (Wildman–Crippen LogP) is 24.3. The van der Waals surface area contributed by atoms with Crippen LogP contribution in [0.4, 0.5) is 123 Å². The fourth-order valence-electron chi connectivity index (χ4n) is 14.0. The highest BCUT2D eigenvalue weighted by Crippen LogP contribution is 2.65. The van der Waals surface area contributed by atoms with Crippen molar-refractivity contribution in [2.24, 2.45) is 118 Å². The molecule has 0 aromatic rings. The number of hydrogen-bond donors (Lipinski definition) is 0. The van der Waals surface area contributed by atoms with Gasteiger partial charge in [0.05, 0.1) is 41.4 Å². The lowest BCUT2D eigenvalue weighted by molar-refractivity contribution is -0.248. The monoisotopic (exact) mass is 1350 g/mol. The molecule has 24 atom stereocenters. The summed E-state index contributed by atoms with van der Waals surface area (Å²) >= 11 is 0. The van der Waals surface area contributed by atoms with Crippen LogP contribution in [0, 0.1) is 118 Å². The molecule has 7 aliphatic rings. The average molecular weight is 1350 g/mol. The van der Waals surface area contributed by atoms with Gasteiger partial charge in [-0.2, -0.15) is 96.6 Å². The van der Waals surface area contributed by atoms with Crippen molar-refractivity contribution in [2.75, 3.05) is 0 Å². The van der Waals surface area contributed by atoms with E-state index in [2.05, 4.69) is 0 Å². The van der Waals surface area contributed by atoms with Gasteiger partial charge in [0.15, 0.2) is 0 Å². The van der Waals surface area contributed by atoms with Crippen LogP contribution in [-0.4, -0.2) is 79.0 Å². The van der Waals surface area contributed by atoms with E-state index in [1.165, 1.54) is 34.6 Å². The van der Waals surface area contributed by atoms with Gasteiger partial charge < -0.3 is 0 Å². The summed E-state index contributed by atoms with van der Waals surface area (Å²) in [4.78, 5) is 0. The van der Waals surface area contributed by atoms with Crippen molar-refractivity contribution in [1.29, 1.82) is 0 Å². The molecule has 0 aromatic heterocycles. The van der Waals surface area contributed by atoms with E-state index >= 15 is 0 Å². The molecule has 0 radical (unpaired) electrons. The zero-order valence-corrected chi connectivity index (χ0v) is 52.2. The molecule has 0 amide bonds. The van der Waals surface area contributed by atoms with Gasteiger partial charge in [-0.1, -0.05) is 123 Å². The summed E-state index contributed by atoms with van der Waals surface area (Å²) in [7, 11) is 0. The molecule has 0 aromatic carbocycles. The fourth-order valence-corrected chi connectivity index (χ4v) is 14.0. The van der Waals surface area contributed by atoms with Crippen molar-refractivity contribution in [3.05, 3.63) is 0 Å². The van der Waals surface area contributed by atoms with Gasteiger partial charge in [-0.3, -0.25) is 0 Å². The molecule has 528 valence electrons. The van der Waals surface area contributed by atoms with Crippen molar-refractivity contribution in [1.82, 2.24) is 0 Å². The lowest BCUT2D eigenvalue weighted by Crippen LogP contribution is -2.52. The average Bonchev–Trinajstić information content (AvgIpc) is 1.54. The Kier molecular flexibility index (Phi) is 28.3. The molecule has 17 unspecified atom stereocenters. The Balaban J connectivity index is 0.000000527. The van der Waals surface area contributed by atoms with Crippen LogP contribution in [0.5, 0.6) is 0 Å². The number of alkyl halides is 28. The van der Waals surface area contributed by atoms with Gasteiger partial charge in [-0.15, -0.1) is 0 Å². The van der Waals surface area contributed by atoms with Gasteiger partial charge in [0.25, 0.3) is 5.92 Å². The molecule has 0 spiro atoms. The smallest absolute Gasteiger partial charge is 0.247 e. The first-order valence-electron chi connectivity index (χ1n) is 30.9. The van der Waals surface area contributed by atoms with Gasteiger partial charge in [-0.05, 0) is 123 Å². The molecular weight excluding hydrogens is 1250 g/mol. The first-order valence-corrected chi connectivity index (χ1v) is 29.9. The minimum atomic E-state index is -5.36. The van der Waals surface area contributed by atoms with E-state index in [1.807, 2.05) is 20.8 Å². The Morgan fingerprint density at radius 1 is 0.341 bits per heavy atom. The maximum absolute atomic E-state index is 12.9. The zero-order valence-electron chi connectivity index (χ0n) is 54.2. The summed E-state index contributed by atoms with van der Waals surface area (Å²) in [6.45, 7) is 20.4. The molecule has 7 fully saturated rings. The van der Waals surface area contributed by atoms with E-state index in [4.69, 9.17) is 2.74 Å². The van der Waals surface area contributed by atoms with E-state index < -0.39 is 162 Å². The predicted molar refractivity (Wildman–Crippen MR) is 280 cm³/mol. The molecule has 7 saturated carbocycles. The summed E-state index contributed by atoms with van der Waals surface area (Å²) in [5.41, 5.74) is -4.52. The standard InChI is InChI=1S/C10H14F6.4C9H15F3.C7H7F7.C7H11F3/c1-4-5(2)8(10(14,15)16)6(3)7(4)9(11,12)13;2*1-6-3-7(2)5-8(4-6)9(10,11)12;2*1-6-4-3-5-8(7(6)2)9(10,11)12;1-3-5(9,10)4(2,8)7(13,14)6(3,11)12;1-3-5(8)4(2)7(10)6(3)9/h4-8H,1-3H3;4*6-8H,3-5H2,1-2H3;3H,1-2H3;3-7H,1-2H3/t4-,5?,6?,7?,8?;2*6-,7?,8?;2*6?,7-,8?;3-,4?;3-,4?,5?,6?,7?/m1001100/s1/i;6D;;7D;;;. The van der Waals surface area contributed by atoms with E-state index in [9.17, 15) is 123 Å². The van der Waals surface area contributed by atoms with Crippen LogP contribution in [0.2, 0.25) is 0 Å². The summed E-state index contributed by atoms with van der Waals surface area (Å²) in [5, 5.41) is 0. The van der Waals surface area contributed by atoms with Crippen molar-refractivity contribution in [3.63, 3.8) is 0 Å². The molecule has 0 saturated heterocycles. The van der Waals surface area contributed by atoms with Crippen LogP contribution < -0.4 is 0 Å². The van der Waals surface area contributed by atoms with Crippen molar-refractivity contribution in [2.45, 2.75) is 260 Å². The topological polar surface area (TPSA) is 0 Å². The Morgan fingerprint density at radius 3 is 0.920 bits per heavy atom. The fraction of sp³-hybridized carbons (Fsp3) is 1.00. The van der Waals surface area contributed by atoms with Crippen LogP contribution in [-0.2, 0) is 0 Å². The second-order valence-electron chi connectivity index (χ2n) is 27.0. The highest BCUT2D eigenvalue weighted by Gasteiger charge is 2.88. The van der Waals surface area contributed by atoms with Crippen LogP contribution in [0.3, 0.4) is 0 Å². The lowest BCUT2D eigenvalue weighted by Gasteiger charge is -2.35. The molecule has 88 heavy (non-hydrogen) atoms. The summed E-state index contributed by atoms with van der Waals surface area (Å²) in [5.74, 6) is -33.5. The van der Waals surface area contributed by atoms with Gasteiger partial charge in [-0.25, -0.2) is 26.3 Å². The Labute approximate surface area is 503 Å². The molecule has 0 heterocycles. The number of hydrogen-bond acceptors (Lipinski definition) is 0. The van der Waals surface area contributed by atoms with Gasteiger partial charge in [0, 0.05) is 14.6 Å². The van der Waals surface area contributed by atoms with Gasteiger partial charge >= 0.3 is 48.9 Å². The van der Waals surface area contributed by atoms with Crippen LogP contribution in [0.1, 0.15) is 184 Å². The maximum Gasteiger partial charge on any atom is 0.392 e. The van der Waals surface area contributed by atoms with Crippen molar-refractivity contribution < 1.29 is 126 Å². The van der Waals surface area contributed by atoms with Crippen LogP contribution >= 0.6 is 0 Å². The van der Waals surface area contributed by atoms with E-state index in [-0.39, 0.29) is 68.6 Å². The molecule has 0 bridgehead atoms. The first kappa shape index (κ1) is 80.3. The molecule has 0 nitrogen and oxygen atoms in total. The lowest BCUT2D eigenvalue weighted by atomic mass is 9.73. The minimum absolute atomic E-state index is 0.0166. The molecule has 7 rings (SSSR count). The number of halogens is 28. The Hall–Kier alpha value is -1.96. The summed E-state index contributed by atoms with van der Waals surface area (Å²) < 4.78 is 367. The first-order chi connectivity index (χ1) is 39.7. The molecule has 28 heteroatoms. The maximum atomic E-state index is 12.9. The van der Waals surface area contributed by atoms with Crippen molar-refractivity contribution >= 4 is 0 Å². The molecule has 0 aliphatic heterocycles. The van der Waals surface area contributed by atoms with E-state index in [0.29, 0.717) is 32.1 Å². The third kappa shape index (κ3) is 21.3. The van der Waals surface area contributed by atoms with Crippen molar-refractivity contribution in [3.8, 4) is 0 Å². The summed E-state index contributed by atoms with van der Waals surface area (Å²) in [6.07, 6.45) is -24.1. The second-order valence-corrected chi connectivity index (χ2v) is 27.0. The van der Waals surface area contributed by atoms with Crippen LogP contribution in [0.15, 0.2) is 0 Å². The third-order valence-electron chi connectivity index (χ3n) is 19.9. The van der Waals surface area contributed by atoms with Gasteiger partial charge in [0.1, 0.15) is 18.5 Å². The van der Waals surface area contributed by atoms with Gasteiger partial charge in [0.2, 0.25) is 5.67 Å². The normalized spacial score (nSPS) is 43.7. The number of rotatable bonds is 0. The molecule has 7 aliphatic carbocycles. The highest BCUT2D eigenvalue weighted by molar-refractivity contribution is 5.19. The minimum Gasteiger partial charge on any atom is -0.247 e. The SMILES string of the molecule is CC1C(C(F)(F)F)C(C)[C@@H](C)C1C(F)(F)F.CC1C(F)C(F)[C@@H](C)C1F.CC1CC(C(F)(F)F)C[C@@H](C)C1.CC1CCCC(C(F)(F)F)[C@@H]1C.C[C@H]1C(F)(F)C(C)(F)C(F)(F)C1(F)F.[2H][C@@]1(C)C(C)CCCC1C(F)(F)F.[2H][C@]1(C)CC(C)CC(C(F)(F)F)C1. The zero-order chi connectivity index (χ0) is 71.6. The quantitative estimate of drug-likeness (QED) is 0.212. The second kappa shape index (κ2) is 31.1. The third-order valence-corrected chi connectivity index (χ3v) is 19.9. The highest BCUT2D eigenvalue weighted by atomic mass is 19.4. The van der Waals surface area contributed by atoms with E-state index in [0.717, 1.165) is 32.6 Å². The summed E-state index contributed by atoms with van der Waals surface area (Å²) in [6, 6.07) is 0. The molecule has 0 N–H and O–H groups in total. The molecular formula is C60H92F28. The Bertz CT molecular complexity index is 2020. The van der Waals surface area contributed by atoms with Crippen LogP contribution in [0.25, 0.3) is 0 Å².